The first kappa shape index (κ1) is 17.9. The maximum absolute atomic E-state index is 12.3. The van der Waals surface area contributed by atoms with E-state index >= 15 is 0 Å². The van der Waals surface area contributed by atoms with Crippen LogP contribution in [0, 0.1) is 17.0 Å². The van der Waals surface area contributed by atoms with Crippen LogP contribution < -0.4 is 5.32 Å². The Morgan fingerprint density at radius 3 is 2.81 bits per heavy atom. The molecule has 0 saturated heterocycles. The van der Waals surface area contributed by atoms with E-state index in [2.05, 4.69) is 15.3 Å². The maximum Gasteiger partial charge on any atom is 0.269 e. The summed E-state index contributed by atoms with van der Waals surface area (Å²) < 4.78 is 0. The molecule has 138 valence electrons. The highest BCUT2D eigenvalue weighted by molar-refractivity contribution is 8.00. The Morgan fingerprint density at radius 1 is 1.30 bits per heavy atom. The molecule has 0 saturated carbocycles. The summed E-state index contributed by atoms with van der Waals surface area (Å²) in [6.45, 7) is 1.87. The van der Waals surface area contributed by atoms with Crippen molar-refractivity contribution in [2.45, 2.75) is 31.2 Å². The van der Waals surface area contributed by atoms with Gasteiger partial charge in [0.25, 0.3) is 5.69 Å². The molecule has 27 heavy (non-hydrogen) atoms. The topological polar surface area (TPSA) is 98.0 Å². The number of aryl methyl sites for hydroxylation is 3. The summed E-state index contributed by atoms with van der Waals surface area (Å²) in [6.07, 6.45) is 3.31. The van der Waals surface area contributed by atoms with Gasteiger partial charge in [-0.1, -0.05) is 11.8 Å². The molecule has 0 bridgehead atoms. The van der Waals surface area contributed by atoms with Gasteiger partial charge in [0.1, 0.15) is 15.7 Å². The molecule has 3 aromatic rings. The minimum Gasteiger partial charge on any atom is -0.325 e. The average Bonchev–Trinajstić information content (AvgIpc) is 3.20. The van der Waals surface area contributed by atoms with Gasteiger partial charge in [-0.15, -0.1) is 11.3 Å². The normalized spacial score (nSPS) is 12.9. The number of nitro groups is 1. The number of thioether (sulfide) groups is 1. The molecule has 4 rings (SSSR count). The zero-order chi connectivity index (χ0) is 19.0. The molecule has 0 atom stereocenters. The Labute approximate surface area is 163 Å². The van der Waals surface area contributed by atoms with Crippen molar-refractivity contribution in [1.29, 1.82) is 0 Å². The Hall–Kier alpha value is -2.52. The van der Waals surface area contributed by atoms with Crippen molar-refractivity contribution in [1.82, 2.24) is 9.97 Å². The Kier molecular flexibility index (Phi) is 4.79. The smallest absolute Gasteiger partial charge is 0.269 e. The summed E-state index contributed by atoms with van der Waals surface area (Å²) in [6, 6.07) is 5.79. The van der Waals surface area contributed by atoms with Gasteiger partial charge in [-0.25, -0.2) is 9.97 Å². The van der Waals surface area contributed by atoms with Crippen LogP contribution in [0.3, 0.4) is 0 Å². The fraction of sp³-hybridized carbons (Fsp3) is 0.278. The fourth-order valence-corrected chi connectivity index (χ4v) is 5.44. The molecule has 1 aromatic carbocycles. The number of carbonyl (C=O) groups excluding carboxylic acids is 1. The van der Waals surface area contributed by atoms with Gasteiger partial charge in [0.2, 0.25) is 5.91 Å². The minimum absolute atomic E-state index is 0.00691. The number of hydrogen-bond donors (Lipinski definition) is 1. The van der Waals surface area contributed by atoms with Crippen LogP contribution in [-0.2, 0) is 17.6 Å². The third kappa shape index (κ3) is 3.65. The fourth-order valence-electron chi connectivity index (χ4n) is 3.17. The van der Waals surface area contributed by atoms with E-state index in [1.165, 1.54) is 46.5 Å². The van der Waals surface area contributed by atoms with E-state index in [0.717, 1.165) is 34.5 Å². The van der Waals surface area contributed by atoms with Gasteiger partial charge in [0, 0.05) is 28.1 Å². The lowest BCUT2D eigenvalue weighted by atomic mass is 10.2. The molecule has 0 aliphatic heterocycles. The molecule has 0 spiro atoms. The summed E-state index contributed by atoms with van der Waals surface area (Å²) in [5, 5.41) is 15.4. The van der Waals surface area contributed by atoms with Crippen LogP contribution in [0.2, 0.25) is 0 Å². The molecule has 0 unspecified atom stereocenters. The number of nitro benzene ring substituents is 1. The predicted octanol–water partition coefficient (Wildman–Crippen LogP) is 4.13. The summed E-state index contributed by atoms with van der Waals surface area (Å²) in [5.41, 5.74) is 1.87. The molecular formula is C18H16N4O3S2. The third-order valence-electron chi connectivity index (χ3n) is 4.35. The van der Waals surface area contributed by atoms with Crippen LogP contribution in [-0.4, -0.2) is 26.6 Å². The maximum atomic E-state index is 12.3. The molecule has 1 N–H and O–H groups in total. The summed E-state index contributed by atoms with van der Waals surface area (Å²) in [7, 11) is 0. The van der Waals surface area contributed by atoms with E-state index in [4.69, 9.17) is 0 Å². The van der Waals surface area contributed by atoms with Crippen molar-refractivity contribution in [3.63, 3.8) is 0 Å². The number of non-ortho nitro benzene ring substituents is 1. The third-order valence-corrected chi connectivity index (χ3v) is 6.51. The van der Waals surface area contributed by atoms with Crippen molar-refractivity contribution >= 4 is 50.6 Å². The summed E-state index contributed by atoms with van der Waals surface area (Å²) in [4.78, 5) is 34.0. The number of carbonyl (C=O) groups is 1. The molecule has 1 amide bonds. The predicted molar refractivity (Wildman–Crippen MR) is 107 cm³/mol. The number of amides is 1. The van der Waals surface area contributed by atoms with Crippen LogP contribution in [0.1, 0.15) is 22.7 Å². The highest BCUT2D eigenvalue weighted by atomic mass is 32.2. The highest BCUT2D eigenvalue weighted by Crippen LogP contribution is 2.40. The molecule has 9 heteroatoms. The second kappa shape index (κ2) is 7.24. The van der Waals surface area contributed by atoms with Gasteiger partial charge < -0.3 is 5.32 Å². The number of nitrogens with zero attached hydrogens (tertiary/aromatic N) is 3. The quantitative estimate of drug-likeness (QED) is 0.299. The van der Waals surface area contributed by atoms with Gasteiger partial charge in [0.15, 0.2) is 0 Å². The largest absolute Gasteiger partial charge is 0.325 e. The van der Waals surface area contributed by atoms with Crippen molar-refractivity contribution in [3.8, 4) is 0 Å². The van der Waals surface area contributed by atoms with Crippen LogP contribution in [0.4, 0.5) is 11.4 Å². The summed E-state index contributed by atoms with van der Waals surface area (Å²) in [5.74, 6) is 0.749. The van der Waals surface area contributed by atoms with Crippen LogP contribution in [0.15, 0.2) is 29.3 Å². The second-order valence-corrected chi connectivity index (χ2v) is 8.30. The zero-order valence-corrected chi connectivity index (χ0v) is 16.2. The van der Waals surface area contributed by atoms with E-state index < -0.39 is 4.92 Å². The average molecular weight is 400 g/mol. The molecule has 0 fully saturated rings. The van der Waals surface area contributed by atoms with Gasteiger partial charge in [0.05, 0.1) is 10.7 Å². The number of rotatable bonds is 5. The number of thiophene rings is 1. The molecule has 7 nitrogen and oxygen atoms in total. The zero-order valence-electron chi connectivity index (χ0n) is 14.5. The number of benzene rings is 1. The SMILES string of the molecule is Cc1nc(SCC(=O)Nc2ccc([N+](=O)[O-])cc2)c2c3c(sc2n1)CCC3. The molecule has 1 aliphatic carbocycles. The highest BCUT2D eigenvalue weighted by Gasteiger charge is 2.22. The summed E-state index contributed by atoms with van der Waals surface area (Å²) >= 11 is 3.14. The molecule has 0 radical (unpaired) electrons. The van der Waals surface area contributed by atoms with E-state index in [0.29, 0.717) is 11.5 Å². The van der Waals surface area contributed by atoms with Crippen molar-refractivity contribution in [3.05, 3.63) is 50.6 Å². The van der Waals surface area contributed by atoms with Crippen LogP contribution >= 0.6 is 23.1 Å². The first-order chi connectivity index (χ1) is 13.0. The van der Waals surface area contributed by atoms with Crippen molar-refractivity contribution in [2.75, 3.05) is 11.1 Å². The second-order valence-electron chi connectivity index (χ2n) is 6.25. The number of fused-ring (bicyclic) bond motifs is 3. The number of aromatic nitrogens is 2. The van der Waals surface area contributed by atoms with Crippen LogP contribution in [0.25, 0.3) is 10.2 Å². The lowest BCUT2D eigenvalue weighted by Gasteiger charge is -2.07. The molecular weight excluding hydrogens is 384 g/mol. The first-order valence-electron chi connectivity index (χ1n) is 8.47. The Balaban J connectivity index is 1.48. The minimum atomic E-state index is -0.469. The van der Waals surface area contributed by atoms with E-state index in [9.17, 15) is 14.9 Å². The Morgan fingerprint density at radius 2 is 2.07 bits per heavy atom. The lowest BCUT2D eigenvalue weighted by Crippen LogP contribution is -2.14. The molecule has 1 aliphatic rings. The van der Waals surface area contributed by atoms with Gasteiger partial charge >= 0.3 is 0 Å². The molecule has 2 heterocycles. The lowest BCUT2D eigenvalue weighted by molar-refractivity contribution is -0.384. The number of nitrogens with one attached hydrogen (secondary N) is 1. The van der Waals surface area contributed by atoms with E-state index in [1.54, 1.807) is 11.3 Å². The van der Waals surface area contributed by atoms with Gasteiger partial charge in [-0.05, 0) is 43.9 Å². The van der Waals surface area contributed by atoms with Crippen LogP contribution in [0.5, 0.6) is 0 Å². The number of anilines is 1. The van der Waals surface area contributed by atoms with E-state index in [-0.39, 0.29) is 17.3 Å². The van der Waals surface area contributed by atoms with Crippen molar-refractivity contribution in [2.24, 2.45) is 0 Å². The first-order valence-corrected chi connectivity index (χ1v) is 10.3. The van der Waals surface area contributed by atoms with Gasteiger partial charge in [-0.2, -0.15) is 0 Å². The standard InChI is InChI=1S/C18H16N4O3S2/c1-10-19-17(16-13-3-2-4-14(13)27-18(16)20-10)26-9-15(23)21-11-5-7-12(8-6-11)22(24)25/h5-8H,2-4,9H2,1H3,(H,21,23). The number of hydrogen-bond acceptors (Lipinski definition) is 7. The van der Waals surface area contributed by atoms with E-state index in [1.807, 2.05) is 6.92 Å². The van der Waals surface area contributed by atoms with Gasteiger partial charge in [-0.3, -0.25) is 14.9 Å². The molecule has 2 aromatic heterocycles. The monoisotopic (exact) mass is 400 g/mol. The van der Waals surface area contributed by atoms with Crippen molar-refractivity contribution < 1.29 is 9.72 Å². The Bertz CT molecular complexity index is 1050.